The maximum Gasteiger partial charge on any atom is 0.416 e. The Bertz CT molecular complexity index is 850. The van der Waals surface area contributed by atoms with Crippen LogP contribution in [0.25, 0.3) is 0 Å². The predicted octanol–water partition coefficient (Wildman–Crippen LogP) is 1.03. The lowest BCUT2D eigenvalue weighted by Gasteiger charge is -2.29. The third-order valence-corrected chi connectivity index (χ3v) is 5.24. The number of amides is 1. The van der Waals surface area contributed by atoms with Gasteiger partial charge in [-0.1, -0.05) is 24.3 Å². The van der Waals surface area contributed by atoms with Gasteiger partial charge < -0.3 is 19.9 Å². The van der Waals surface area contributed by atoms with Gasteiger partial charge in [0, 0.05) is 5.56 Å². The van der Waals surface area contributed by atoms with Gasteiger partial charge in [-0.15, -0.1) is 0 Å². The molecule has 30 heavy (non-hydrogen) atoms. The second-order valence-corrected chi connectivity index (χ2v) is 7.53. The third kappa shape index (κ3) is 6.21. The number of carbonyl (C=O) groups excluding carboxylic acids is 1. The Morgan fingerprint density at radius 1 is 1.03 bits per heavy atom. The fraction of sp³-hybridized carbons (Fsp3) is 0.409. The smallest absolute Gasteiger partial charge is 0.416 e. The number of benzene rings is 2. The van der Waals surface area contributed by atoms with Crippen molar-refractivity contribution in [1.82, 2.24) is 0 Å². The van der Waals surface area contributed by atoms with Crippen molar-refractivity contribution in [3.63, 3.8) is 0 Å². The molecule has 3 rings (SSSR count). The third-order valence-electron chi connectivity index (χ3n) is 5.24. The van der Waals surface area contributed by atoms with Crippen LogP contribution >= 0.6 is 0 Å². The number of nitrogens with one attached hydrogen (secondary N) is 3. The number of alkyl halides is 3. The Kier molecular flexibility index (Phi) is 7.33. The van der Waals surface area contributed by atoms with Crippen molar-refractivity contribution in [3.8, 4) is 5.75 Å². The van der Waals surface area contributed by atoms with E-state index in [1.807, 2.05) is 31.2 Å². The van der Waals surface area contributed by atoms with Crippen molar-refractivity contribution in [3.05, 3.63) is 59.7 Å². The molecule has 0 radical (unpaired) electrons. The minimum atomic E-state index is -4.32. The molecule has 0 saturated carbocycles. The molecule has 1 heterocycles. The summed E-state index contributed by atoms with van der Waals surface area (Å²) in [4.78, 5) is 14.9. The number of rotatable bonds is 7. The van der Waals surface area contributed by atoms with E-state index in [-0.39, 0.29) is 5.91 Å². The van der Waals surface area contributed by atoms with Gasteiger partial charge in [0.05, 0.1) is 17.9 Å². The first-order chi connectivity index (χ1) is 14.3. The summed E-state index contributed by atoms with van der Waals surface area (Å²) in [5, 5.41) is 2.92. The van der Waals surface area contributed by atoms with Crippen molar-refractivity contribution >= 4 is 11.6 Å². The lowest BCUT2D eigenvalue weighted by molar-refractivity contribution is -1.02. The van der Waals surface area contributed by atoms with E-state index in [0.29, 0.717) is 36.7 Å². The summed E-state index contributed by atoms with van der Waals surface area (Å²) in [7, 11) is 0. The summed E-state index contributed by atoms with van der Waals surface area (Å²) >= 11 is 0. The molecule has 5 nitrogen and oxygen atoms in total. The van der Waals surface area contributed by atoms with Gasteiger partial charge in [0.2, 0.25) is 0 Å². The van der Waals surface area contributed by atoms with Crippen LogP contribution in [0.5, 0.6) is 5.75 Å². The number of ether oxygens (including phenoxy) is 1. The topological polar surface area (TPSA) is 47.2 Å². The highest BCUT2D eigenvalue weighted by molar-refractivity contribution is 5.92. The highest BCUT2D eigenvalue weighted by atomic mass is 19.4. The summed E-state index contributed by atoms with van der Waals surface area (Å²) < 4.78 is 44.2. The van der Waals surface area contributed by atoms with Crippen LogP contribution in [0.1, 0.15) is 18.1 Å². The van der Waals surface area contributed by atoms with E-state index < -0.39 is 11.7 Å². The van der Waals surface area contributed by atoms with E-state index in [4.69, 9.17) is 4.74 Å². The maximum atomic E-state index is 12.9. The van der Waals surface area contributed by atoms with Crippen LogP contribution < -0.4 is 19.9 Å². The van der Waals surface area contributed by atoms with Gasteiger partial charge >= 0.3 is 6.18 Å². The van der Waals surface area contributed by atoms with Crippen LogP contribution in [0.4, 0.5) is 18.9 Å². The number of anilines is 1. The van der Waals surface area contributed by atoms with Crippen molar-refractivity contribution in [2.75, 3.05) is 44.6 Å². The predicted molar refractivity (Wildman–Crippen MR) is 108 cm³/mol. The molecule has 1 saturated heterocycles. The fourth-order valence-electron chi connectivity index (χ4n) is 3.73. The van der Waals surface area contributed by atoms with E-state index in [0.717, 1.165) is 32.2 Å². The second-order valence-electron chi connectivity index (χ2n) is 7.53. The highest BCUT2D eigenvalue weighted by Gasteiger charge is 2.31. The summed E-state index contributed by atoms with van der Waals surface area (Å²) in [5.74, 6) is 0.581. The van der Waals surface area contributed by atoms with Gasteiger partial charge in [-0.3, -0.25) is 4.79 Å². The molecule has 0 aliphatic carbocycles. The average Bonchev–Trinajstić information content (AvgIpc) is 2.71. The molecule has 1 amide bonds. The Balaban J connectivity index is 1.47. The average molecular weight is 423 g/mol. The zero-order valence-corrected chi connectivity index (χ0v) is 17.0. The van der Waals surface area contributed by atoms with Crippen molar-refractivity contribution < 1.29 is 32.5 Å². The summed E-state index contributed by atoms with van der Waals surface area (Å²) in [5.41, 5.74) is 0.749. The van der Waals surface area contributed by atoms with Crippen LogP contribution in [0.3, 0.4) is 0 Å². The normalized spacial score (nSPS) is 19.3. The molecule has 0 spiro atoms. The van der Waals surface area contributed by atoms with Crippen LogP contribution in [-0.2, 0) is 17.5 Å². The summed E-state index contributed by atoms with van der Waals surface area (Å²) in [6.07, 6.45) is -4.32. The Labute approximate surface area is 174 Å². The molecule has 0 atom stereocenters. The van der Waals surface area contributed by atoms with Gasteiger partial charge in [-0.05, 0) is 31.2 Å². The molecule has 1 aliphatic rings. The summed E-state index contributed by atoms with van der Waals surface area (Å²) in [6, 6.07) is 12.9. The summed E-state index contributed by atoms with van der Waals surface area (Å²) in [6.45, 7) is 6.56. The number of para-hydroxylation sites is 2. The second kappa shape index (κ2) is 9.95. The van der Waals surface area contributed by atoms with Crippen LogP contribution in [-0.4, -0.2) is 45.2 Å². The quantitative estimate of drug-likeness (QED) is 0.623. The molecule has 1 fully saturated rings. The lowest BCUT2D eigenvalue weighted by Crippen LogP contribution is -3.28. The first kappa shape index (κ1) is 22.1. The van der Waals surface area contributed by atoms with Gasteiger partial charge in [0.15, 0.2) is 6.54 Å². The van der Waals surface area contributed by atoms with E-state index in [9.17, 15) is 18.0 Å². The minimum Gasteiger partial charge on any atom is -0.492 e. The molecule has 1 aliphatic heterocycles. The molecule has 0 unspecified atom stereocenters. The number of halogens is 3. The van der Waals surface area contributed by atoms with E-state index in [1.165, 1.54) is 21.9 Å². The van der Waals surface area contributed by atoms with Gasteiger partial charge in [0.25, 0.3) is 5.91 Å². The first-order valence-electron chi connectivity index (χ1n) is 10.2. The maximum absolute atomic E-state index is 12.9. The zero-order valence-electron chi connectivity index (χ0n) is 17.0. The van der Waals surface area contributed by atoms with Gasteiger partial charge in [-0.25, -0.2) is 0 Å². The van der Waals surface area contributed by atoms with Crippen molar-refractivity contribution in [1.29, 1.82) is 0 Å². The highest BCUT2D eigenvalue weighted by Crippen LogP contribution is 2.29. The fourth-order valence-corrected chi connectivity index (χ4v) is 3.73. The molecular formula is C22H28F3N3O2+2. The standard InChI is InChI=1S/C22H26F3N3O2/c1-2-30-20-9-4-3-8-19(20)26-21(29)16-28-12-10-27(11-13-28)15-17-6-5-7-18(14-17)22(23,24)25/h3-9,14H,2,10-13,15-16H2,1H3,(H,26,29)/p+2. The van der Waals surface area contributed by atoms with Crippen molar-refractivity contribution in [2.45, 2.75) is 19.6 Å². The molecule has 162 valence electrons. The van der Waals surface area contributed by atoms with E-state index in [2.05, 4.69) is 5.32 Å². The van der Waals surface area contributed by atoms with Gasteiger partial charge in [0.1, 0.15) is 38.5 Å². The Hall–Kier alpha value is -2.58. The number of carbonyl (C=O) groups is 1. The molecule has 2 aromatic carbocycles. The van der Waals surface area contributed by atoms with Crippen LogP contribution in [0.2, 0.25) is 0 Å². The van der Waals surface area contributed by atoms with E-state index >= 15 is 0 Å². The number of hydrogen-bond acceptors (Lipinski definition) is 2. The largest absolute Gasteiger partial charge is 0.492 e. The van der Waals surface area contributed by atoms with Crippen LogP contribution in [0.15, 0.2) is 48.5 Å². The molecular weight excluding hydrogens is 395 g/mol. The number of hydrogen-bond donors (Lipinski definition) is 3. The molecule has 2 aromatic rings. The van der Waals surface area contributed by atoms with Crippen LogP contribution in [0, 0.1) is 0 Å². The molecule has 0 bridgehead atoms. The number of piperazine rings is 1. The van der Waals surface area contributed by atoms with Gasteiger partial charge in [-0.2, -0.15) is 13.2 Å². The molecule has 8 heteroatoms. The number of quaternary nitrogens is 2. The SMILES string of the molecule is CCOc1ccccc1NC(=O)C[NH+]1CC[NH+](Cc2cccc(C(F)(F)F)c2)CC1. The lowest BCUT2D eigenvalue weighted by atomic mass is 10.1. The first-order valence-corrected chi connectivity index (χ1v) is 10.2. The van der Waals surface area contributed by atoms with E-state index in [1.54, 1.807) is 6.07 Å². The Morgan fingerprint density at radius 2 is 1.73 bits per heavy atom. The minimum absolute atomic E-state index is 0.0709. The monoisotopic (exact) mass is 423 g/mol. The zero-order chi connectivity index (χ0) is 21.6. The molecule has 3 N–H and O–H groups in total. The molecule has 0 aromatic heterocycles. The van der Waals surface area contributed by atoms with Crippen molar-refractivity contribution in [2.24, 2.45) is 0 Å². The Morgan fingerprint density at radius 3 is 2.43 bits per heavy atom.